The number of hydrogen-bond donors (Lipinski definition) is 2. The minimum Gasteiger partial charge on any atom is -0.488 e. The molecule has 2 heterocycles. The lowest BCUT2D eigenvalue weighted by molar-refractivity contribution is -0.387. The molecule has 8 heteroatoms. The third-order valence-corrected chi connectivity index (χ3v) is 3.88. The standard InChI is InChI=1S/C16H16N4O4/c21-15-14(20(23)24)16(22)18-13(17-15)8-5-11-3-6-12(7-4-11)19-9-1-2-10-19/h3-8H,1-2,9-10H2,(H2,17,18,21,22)/b8-5-. The lowest BCUT2D eigenvalue weighted by Gasteiger charge is -2.17. The lowest BCUT2D eigenvalue weighted by Crippen LogP contribution is -2.17. The van der Waals surface area contributed by atoms with Crippen molar-refractivity contribution in [2.24, 2.45) is 0 Å². The first-order valence-corrected chi connectivity index (χ1v) is 7.55. The van der Waals surface area contributed by atoms with Gasteiger partial charge in [0.1, 0.15) is 5.82 Å². The van der Waals surface area contributed by atoms with Gasteiger partial charge in [0.2, 0.25) is 0 Å². The molecule has 0 amide bonds. The van der Waals surface area contributed by atoms with Crippen LogP contribution in [0.5, 0.6) is 5.88 Å². The molecular formula is C16H16N4O4. The smallest absolute Gasteiger partial charge is 0.395 e. The predicted octanol–water partition coefficient (Wildman–Crippen LogP) is 2.15. The molecule has 1 aliphatic heterocycles. The summed E-state index contributed by atoms with van der Waals surface area (Å²) < 4.78 is 0. The molecule has 3 rings (SSSR count). The summed E-state index contributed by atoms with van der Waals surface area (Å²) in [5.41, 5.74) is 0.112. The Labute approximate surface area is 137 Å². The molecule has 2 N–H and O–H groups in total. The summed E-state index contributed by atoms with van der Waals surface area (Å²) in [7, 11) is 0. The van der Waals surface area contributed by atoms with Crippen LogP contribution in [-0.2, 0) is 0 Å². The number of benzene rings is 1. The van der Waals surface area contributed by atoms with Crippen LogP contribution in [0.3, 0.4) is 0 Å². The summed E-state index contributed by atoms with van der Waals surface area (Å²) in [4.78, 5) is 29.4. The largest absolute Gasteiger partial charge is 0.488 e. The maximum absolute atomic E-state index is 11.6. The highest BCUT2D eigenvalue weighted by Gasteiger charge is 2.21. The number of aromatic nitrogens is 2. The van der Waals surface area contributed by atoms with Gasteiger partial charge >= 0.3 is 11.2 Å². The van der Waals surface area contributed by atoms with Crippen LogP contribution >= 0.6 is 0 Å². The van der Waals surface area contributed by atoms with Crippen LogP contribution in [0.1, 0.15) is 24.2 Å². The van der Waals surface area contributed by atoms with E-state index in [0.717, 1.165) is 18.7 Å². The van der Waals surface area contributed by atoms with Crippen molar-refractivity contribution in [3.63, 3.8) is 0 Å². The molecule has 0 aliphatic carbocycles. The van der Waals surface area contributed by atoms with E-state index >= 15 is 0 Å². The fourth-order valence-electron chi connectivity index (χ4n) is 2.66. The van der Waals surface area contributed by atoms with Gasteiger partial charge in [0.15, 0.2) is 0 Å². The number of H-pyrrole nitrogens is 1. The molecule has 0 bridgehead atoms. The molecule has 24 heavy (non-hydrogen) atoms. The number of anilines is 1. The summed E-state index contributed by atoms with van der Waals surface area (Å²) in [6.07, 6.45) is 5.61. The van der Waals surface area contributed by atoms with Crippen molar-refractivity contribution in [3.8, 4) is 5.88 Å². The highest BCUT2D eigenvalue weighted by Crippen LogP contribution is 2.21. The highest BCUT2D eigenvalue weighted by molar-refractivity contribution is 5.68. The van der Waals surface area contributed by atoms with E-state index in [2.05, 4.69) is 14.9 Å². The molecule has 1 aliphatic rings. The van der Waals surface area contributed by atoms with Crippen molar-refractivity contribution in [2.45, 2.75) is 12.8 Å². The van der Waals surface area contributed by atoms with E-state index in [9.17, 15) is 20.0 Å². The van der Waals surface area contributed by atoms with Gasteiger partial charge in [-0.3, -0.25) is 14.9 Å². The van der Waals surface area contributed by atoms with Crippen LogP contribution in [0, 0.1) is 10.1 Å². The van der Waals surface area contributed by atoms with Gasteiger partial charge in [0, 0.05) is 18.8 Å². The second-order valence-corrected chi connectivity index (χ2v) is 5.50. The van der Waals surface area contributed by atoms with Crippen LogP contribution in [0.15, 0.2) is 29.1 Å². The van der Waals surface area contributed by atoms with E-state index in [1.165, 1.54) is 24.6 Å². The lowest BCUT2D eigenvalue weighted by atomic mass is 10.2. The van der Waals surface area contributed by atoms with E-state index in [0.29, 0.717) is 0 Å². The minimum atomic E-state index is -0.989. The first kappa shape index (κ1) is 15.7. The summed E-state index contributed by atoms with van der Waals surface area (Å²) in [6, 6.07) is 7.92. The topological polar surface area (TPSA) is 112 Å². The predicted molar refractivity (Wildman–Crippen MR) is 90.0 cm³/mol. The molecule has 1 fully saturated rings. The molecule has 1 saturated heterocycles. The highest BCUT2D eigenvalue weighted by atomic mass is 16.6. The SMILES string of the molecule is O=c1[nH]c(/C=C\c2ccc(N3CCCC3)cc2)nc(O)c1[N+](=O)[O-]. The maximum atomic E-state index is 11.6. The summed E-state index contributed by atoms with van der Waals surface area (Å²) >= 11 is 0. The van der Waals surface area contributed by atoms with Gasteiger partial charge in [-0.15, -0.1) is 0 Å². The molecule has 0 saturated carbocycles. The Kier molecular flexibility index (Phi) is 4.28. The molecule has 2 aromatic rings. The zero-order chi connectivity index (χ0) is 17.1. The van der Waals surface area contributed by atoms with Crippen molar-refractivity contribution in [3.05, 3.63) is 56.1 Å². The van der Waals surface area contributed by atoms with Gasteiger partial charge < -0.3 is 15.0 Å². The second kappa shape index (κ2) is 6.53. The third-order valence-electron chi connectivity index (χ3n) is 3.88. The summed E-state index contributed by atoms with van der Waals surface area (Å²) in [5, 5.41) is 20.1. The Hall–Kier alpha value is -3.16. The van der Waals surface area contributed by atoms with Crippen molar-refractivity contribution in [2.75, 3.05) is 18.0 Å². The summed E-state index contributed by atoms with van der Waals surface area (Å²) in [5.74, 6) is -0.848. The Bertz CT molecular complexity index is 836. The first-order valence-electron chi connectivity index (χ1n) is 7.55. The van der Waals surface area contributed by atoms with Crippen molar-refractivity contribution in [1.82, 2.24) is 9.97 Å². The Balaban J connectivity index is 1.78. The van der Waals surface area contributed by atoms with Gasteiger partial charge in [-0.25, -0.2) is 0 Å². The van der Waals surface area contributed by atoms with Crippen molar-refractivity contribution in [1.29, 1.82) is 0 Å². The van der Waals surface area contributed by atoms with Gasteiger partial charge in [0.05, 0.1) is 4.92 Å². The average Bonchev–Trinajstić information content (AvgIpc) is 3.07. The molecule has 0 spiro atoms. The van der Waals surface area contributed by atoms with Gasteiger partial charge in [-0.1, -0.05) is 18.2 Å². The minimum absolute atomic E-state index is 0.0479. The van der Waals surface area contributed by atoms with Gasteiger partial charge in [-0.2, -0.15) is 4.98 Å². The molecule has 1 aromatic carbocycles. The number of rotatable bonds is 4. The number of hydrogen-bond acceptors (Lipinski definition) is 6. The van der Waals surface area contributed by atoms with Crippen molar-refractivity contribution < 1.29 is 10.0 Å². The molecule has 1 aromatic heterocycles. The number of aromatic amines is 1. The fraction of sp³-hybridized carbons (Fsp3) is 0.250. The van der Waals surface area contributed by atoms with Crippen LogP contribution in [-0.4, -0.2) is 33.1 Å². The first-order chi connectivity index (χ1) is 11.5. The van der Waals surface area contributed by atoms with E-state index in [4.69, 9.17) is 0 Å². The van der Waals surface area contributed by atoms with Crippen LogP contribution < -0.4 is 10.5 Å². The quantitative estimate of drug-likeness (QED) is 0.657. The van der Waals surface area contributed by atoms with E-state index < -0.39 is 22.0 Å². The van der Waals surface area contributed by atoms with Gasteiger partial charge in [0.25, 0.3) is 5.88 Å². The third kappa shape index (κ3) is 3.27. The molecular weight excluding hydrogens is 312 g/mol. The Morgan fingerprint density at radius 2 is 1.88 bits per heavy atom. The second-order valence-electron chi connectivity index (χ2n) is 5.50. The van der Waals surface area contributed by atoms with Crippen LogP contribution in [0.4, 0.5) is 11.4 Å². The average molecular weight is 328 g/mol. The Morgan fingerprint density at radius 1 is 1.21 bits per heavy atom. The van der Waals surface area contributed by atoms with Crippen LogP contribution in [0.2, 0.25) is 0 Å². The normalized spacial score (nSPS) is 14.4. The number of nitro groups is 1. The zero-order valence-corrected chi connectivity index (χ0v) is 12.8. The number of aromatic hydroxyl groups is 1. The number of nitrogens with one attached hydrogen (secondary N) is 1. The zero-order valence-electron chi connectivity index (χ0n) is 12.8. The van der Waals surface area contributed by atoms with Crippen LogP contribution in [0.25, 0.3) is 12.2 Å². The Morgan fingerprint density at radius 3 is 2.46 bits per heavy atom. The number of nitrogens with zero attached hydrogens (tertiary/aromatic N) is 3. The molecule has 124 valence electrons. The monoisotopic (exact) mass is 328 g/mol. The van der Waals surface area contributed by atoms with E-state index in [-0.39, 0.29) is 5.82 Å². The molecule has 0 unspecified atom stereocenters. The van der Waals surface area contributed by atoms with E-state index in [1.807, 2.05) is 24.3 Å². The summed E-state index contributed by atoms with van der Waals surface area (Å²) in [6.45, 7) is 2.14. The molecule has 0 atom stereocenters. The van der Waals surface area contributed by atoms with E-state index in [1.54, 1.807) is 6.08 Å². The van der Waals surface area contributed by atoms with Gasteiger partial charge in [-0.05, 0) is 36.6 Å². The molecule has 8 nitrogen and oxygen atoms in total. The van der Waals surface area contributed by atoms with Crippen molar-refractivity contribution >= 4 is 23.5 Å². The maximum Gasteiger partial charge on any atom is 0.395 e. The fourth-order valence-corrected chi connectivity index (χ4v) is 2.66. The molecule has 0 radical (unpaired) electrons.